The standard InChI is InChI=1S/C8H12N2OS/c1-6-3-4-12-7(6)5-10(2)8(9)11/h3-4H,5H2,1-2H3,(H2,9,11). The van der Waals surface area contributed by atoms with Crippen LogP contribution in [0.3, 0.4) is 0 Å². The van der Waals surface area contributed by atoms with Crippen molar-refractivity contribution in [1.29, 1.82) is 0 Å². The number of aryl methyl sites for hydroxylation is 1. The quantitative estimate of drug-likeness (QED) is 0.745. The molecule has 0 saturated carbocycles. The van der Waals surface area contributed by atoms with Crippen LogP contribution in [0.25, 0.3) is 0 Å². The molecule has 0 saturated heterocycles. The summed E-state index contributed by atoms with van der Waals surface area (Å²) in [6, 6.07) is 1.65. The van der Waals surface area contributed by atoms with Gasteiger partial charge in [0, 0.05) is 11.9 Å². The highest BCUT2D eigenvalue weighted by molar-refractivity contribution is 7.10. The van der Waals surface area contributed by atoms with Crippen LogP contribution in [0.4, 0.5) is 4.79 Å². The van der Waals surface area contributed by atoms with Crippen LogP contribution in [-0.4, -0.2) is 18.0 Å². The Kier molecular flexibility index (Phi) is 2.70. The molecule has 0 aliphatic rings. The minimum atomic E-state index is -0.386. The zero-order chi connectivity index (χ0) is 9.14. The third-order valence-electron chi connectivity index (χ3n) is 1.73. The topological polar surface area (TPSA) is 46.3 Å². The van der Waals surface area contributed by atoms with Crippen molar-refractivity contribution in [2.24, 2.45) is 5.73 Å². The van der Waals surface area contributed by atoms with E-state index in [1.54, 1.807) is 18.4 Å². The molecule has 66 valence electrons. The van der Waals surface area contributed by atoms with Gasteiger partial charge >= 0.3 is 6.03 Å². The van der Waals surface area contributed by atoms with Gasteiger partial charge in [0.15, 0.2) is 0 Å². The maximum atomic E-state index is 10.7. The minimum absolute atomic E-state index is 0.386. The SMILES string of the molecule is Cc1ccsc1CN(C)C(N)=O. The lowest BCUT2D eigenvalue weighted by Gasteiger charge is -2.12. The van der Waals surface area contributed by atoms with E-state index in [4.69, 9.17) is 5.73 Å². The van der Waals surface area contributed by atoms with Gasteiger partial charge in [0.05, 0.1) is 6.54 Å². The monoisotopic (exact) mass is 184 g/mol. The molecule has 0 bridgehead atoms. The van der Waals surface area contributed by atoms with Gasteiger partial charge in [-0.3, -0.25) is 0 Å². The summed E-state index contributed by atoms with van der Waals surface area (Å²) in [5.74, 6) is 0. The zero-order valence-electron chi connectivity index (χ0n) is 7.20. The first-order chi connectivity index (χ1) is 5.61. The van der Waals surface area contributed by atoms with E-state index in [1.807, 2.05) is 18.4 Å². The van der Waals surface area contributed by atoms with Crippen LogP contribution in [-0.2, 0) is 6.54 Å². The highest BCUT2D eigenvalue weighted by Crippen LogP contribution is 2.16. The number of urea groups is 1. The summed E-state index contributed by atoms with van der Waals surface area (Å²) < 4.78 is 0. The van der Waals surface area contributed by atoms with Crippen LogP contribution in [0.15, 0.2) is 11.4 Å². The average Bonchev–Trinajstić information content (AvgIpc) is 2.36. The first-order valence-corrected chi connectivity index (χ1v) is 4.52. The number of amides is 2. The predicted octanol–water partition coefficient (Wildman–Crippen LogP) is 1.57. The van der Waals surface area contributed by atoms with Gasteiger partial charge in [0.2, 0.25) is 0 Å². The van der Waals surface area contributed by atoms with Crippen LogP contribution in [0.1, 0.15) is 10.4 Å². The van der Waals surface area contributed by atoms with Crippen molar-refractivity contribution >= 4 is 17.4 Å². The third kappa shape index (κ3) is 1.98. The molecular formula is C8H12N2OS. The molecule has 0 fully saturated rings. The summed E-state index contributed by atoms with van der Waals surface area (Å²) in [4.78, 5) is 13.4. The molecule has 2 N–H and O–H groups in total. The van der Waals surface area contributed by atoms with Gasteiger partial charge in [-0.15, -0.1) is 11.3 Å². The Hall–Kier alpha value is -1.03. The van der Waals surface area contributed by atoms with Crippen LogP contribution in [0.2, 0.25) is 0 Å². The second kappa shape index (κ2) is 3.58. The highest BCUT2D eigenvalue weighted by Gasteiger charge is 2.06. The third-order valence-corrected chi connectivity index (χ3v) is 2.73. The van der Waals surface area contributed by atoms with E-state index >= 15 is 0 Å². The van der Waals surface area contributed by atoms with Crippen LogP contribution >= 0.6 is 11.3 Å². The second-order valence-electron chi connectivity index (χ2n) is 2.72. The molecule has 0 unspecified atom stereocenters. The first kappa shape index (κ1) is 9.06. The smallest absolute Gasteiger partial charge is 0.314 e. The summed E-state index contributed by atoms with van der Waals surface area (Å²) in [5.41, 5.74) is 6.31. The number of hydrogen-bond donors (Lipinski definition) is 1. The Morgan fingerprint density at radius 2 is 2.42 bits per heavy atom. The van der Waals surface area contributed by atoms with Crippen molar-refractivity contribution < 1.29 is 4.79 Å². The second-order valence-corrected chi connectivity index (χ2v) is 3.72. The largest absolute Gasteiger partial charge is 0.351 e. The van der Waals surface area contributed by atoms with Crippen molar-refractivity contribution in [2.45, 2.75) is 13.5 Å². The van der Waals surface area contributed by atoms with E-state index in [-0.39, 0.29) is 6.03 Å². The number of nitrogens with zero attached hydrogens (tertiary/aromatic N) is 1. The number of carbonyl (C=O) groups excluding carboxylic acids is 1. The molecular weight excluding hydrogens is 172 g/mol. The van der Waals surface area contributed by atoms with Crippen molar-refractivity contribution in [3.8, 4) is 0 Å². The number of carbonyl (C=O) groups is 1. The summed E-state index contributed by atoms with van der Waals surface area (Å²) in [6.45, 7) is 2.64. The van der Waals surface area contributed by atoms with Gasteiger partial charge in [-0.25, -0.2) is 4.79 Å². The minimum Gasteiger partial charge on any atom is -0.351 e. The van der Waals surface area contributed by atoms with Crippen LogP contribution in [0.5, 0.6) is 0 Å². The van der Waals surface area contributed by atoms with Gasteiger partial charge in [-0.05, 0) is 23.9 Å². The average molecular weight is 184 g/mol. The number of rotatable bonds is 2. The van der Waals surface area contributed by atoms with E-state index in [9.17, 15) is 4.79 Å². The number of nitrogens with two attached hydrogens (primary N) is 1. The van der Waals surface area contributed by atoms with Gasteiger partial charge in [0.1, 0.15) is 0 Å². The van der Waals surface area contributed by atoms with Crippen LogP contribution < -0.4 is 5.73 Å². The summed E-state index contributed by atoms with van der Waals surface area (Å²) in [7, 11) is 1.70. The summed E-state index contributed by atoms with van der Waals surface area (Å²) in [6.07, 6.45) is 0. The maximum absolute atomic E-state index is 10.7. The van der Waals surface area contributed by atoms with Crippen molar-refractivity contribution in [3.63, 3.8) is 0 Å². The molecule has 4 heteroatoms. The van der Waals surface area contributed by atoms with Crippen LogP contribution in [0, 0.1) is 6.92 Å². The normalized spacial score (nSPS) is 9.83. The molecule has 1 aromatic rings. The molecule has 2 amide bonds. The van der Waals surface area contributed by atoms with E-state index in [0.29, 0.717) is 6.54 Å². The predicted molar refractivity (Wildman–Crippen MR) is 50.1 cm³/mol. The van der Waals surface area contributed by atoms with E-state index in [1.165, 1.54) is 15.3 Å². The van der Waals surface area contributed by atoms with Crippen molar-refractivity contribution in [3.05, 3.63) is 21.9 Å². The lowest BCUT2D eigenvalue weighted by atomic mass is 10.3. The molecule has 1 rings (SSSR count). The molecule has 0 atom stereocenters. The number of thiophene rings is 1. The summed E-state index contributed by atoms with van der Waals surface area (Å²) >= 11 is 1.65. The molecule has 1 heterocycles. The Bertz CT molecular complexity index is 282. The number of primary amides is 1. The molecule has 12 heavy (non-hydrogen) atoms. The van der Waals surface area contributed by atoms with Gasteiger partial charge < -0.3 is 10.6 Å². The van der Waals surface area contributed by atoms with Crippen molar-refractivity contribution in [1.82, 2.24) is 4.90 Å². The fourth-order valence-electron chi connectivity index (χ4n) is 0.859. The van der Waals surface area contributed by atoms with E-state index in [0.717, 1.165) is 0 Å². The molecule has 0 radical (unpaired) electrons. The fraction of sp³-hybridized carbons (Fsp3) is 0.375. The molecule has 3 nitrogen and oxygen atoms in total. The summed E-state index contributed by atoms with van der Waals surface area (Å²) in [5, 5.41) is 2.01. The Balaban J connectivity index is 2.64. The number of hydrogen-bond acceptors (Lipinski definition) is 2. The zero-order valence-corrected chi connectivity index (χ0v) is 8.02. The fourth-order valence-corrected chi connectivity index (χ4v) is 1.82. The first-order valence-electron chi connectivity index (χ1n) is 3.65. The Morgan fingerprint density at radius 1 is 1.75 bits per heavy atom. The Morgan fingerprint density at radius 3 is 2.83 bits per heavy atom. The molecule has 0 aliphatic carbocycles. The van der Waals surface area contributed by atoms with Crippen molar-refractivity contribution in [2.75, 3.05) is 7.05 Å². The Labute approximate surface area is 75.8 Å². The van der Waals surface area contributed by atoms with Gasteiger partial charge in [-0.1, -0.05) is 0 Å². The maximum Gasteiger partial charge on any atom is 0.314 e. The molecule has 0 spiro atoms. The van der Waals surface area contributed by atoms with E-state index < -0.39 is 0 Å². The van der Waals surface area contributed by atoms with E-state index in [2.05, 4.69) is 0 Å². The van der Waals surface area contributed by atoms with Gasteiger partial charge in [0.25, 0.3) is 0 Å². The molecule has 0 aromatic carbocycles. The molecule has 1 aromatic heterocycles. The van der Waals surface area contributed by atoms with Gasteiger partial charge in [-0.2, -0.15) is 0 Å². The lowest BCUT2D eigenvalue weighted by Crippen LogP contribution is -2.31. The highest BCUT2D eigenvalue weighted by atomic mass is 32.1. The molecule has 0 aliphatic heterocycles. The lowest BCUT2D eigenvalue weighted by molar-refractivity contribution is 0.217.